The van der Waals surface area contributed by atoms with Crippen molar-refractivity contribution in [1.82, 2.24) is 9.97 Å². The molecule has 0 unspecified atom stereocenters. The van der Waals surface area contributed by atoms with Gasteiger partial charge in [-0.1, -0.05) is 112 Å². The van der Waals surface area contributed by atoms with Crippen LogP contribution < -0.4 is 5.19 Å². The van der Waals surface area contributed by atoms with Gasteiger partial charge in [0.25, 0.3) is 0 Å². The van der Waals surface area contributed by atoms with Gasteiger partial charge in [0.05, 0.1) is 19.9 Å². The largest absolute Gasteiger partial charge is 0.501 e. The Labute approximate surface area is 291 Å². The Morgan fingerprint density at radius 1 is 0.723 bits per heavy atom. The van der Waals surface area contributed by atoms with E-state index in [-0.39, 0.29) is 31.3 Å². The summed E-state index contributed by atoms with van der Waals surface area (Å²) in [6, 6.07) is 40.9. The summed E-state index contributed by atoms with van der Waals surface area (Å²) in [7, 11) is -1.46. The molecule has 3 nitrogen and oxygen atoms in total. The second kappa shape index (κ2) is 13.9. The third-order valence-electron chi connectivity index (χ3n) is 8.04. The fraction of sp³-hybridized carbons (Fsp3) is 0.171. The molecule has 7 rings (SSSR count). The molecule has 47 heavy (non-hydrogen) atoms. The zero-order chi connectivity index (χ0) is 32.5. The molecule has 239 valence electrons. The van der Waals surface area contributed by atoms with Crippen molar-refractivity contribution in [2.75, 3.05) is 0 Å². The number of nitrogens with zero attached hydrogens (tertiary/aromatic N) is 2. The Morgan fingerprint density at radius 3 is 2.13 bits per heavy atom. The Morgan fingerprint density at radius 2 is 1.43 bits per heavy atom. The number of rotatable bonds is 4. The second-order valence-corrected chi connectivity index (χ2v) is 18.5. The van der Waals surface area contributed by atoms with E-state index in [1.54, 1.807) is 6.07 Å². The molecule has 3 heterocycles. The zero-order valence-corrected chi connectivity index (χ0v) is 30.9. The van der Waals surface area contributed by atoms with Crippen LogP contribution in [-0.2, 0) is 25.5 Å². The molecule has 0 atom stereocenters. The topological polar surface area (TPSA) is 38.9 Å². The Hall–Kier alpha value is -4.22. The van der Waals surface area contributed by atoms with Crippen molar-refractivity contribution >= 4 is 35.2 Å². The number of benzene rings is 4. The monoisotopic (exact) mass is 813 g/mol. The Balaban J connectivity index is 0.000000181. The van der Waals surface area contributed by atoms with E-state index in [1.165, 1.54) is 22.5 Å². The summed E-state index contributed by atoms with van der Waals surface area (Å²) in [5.74, 6) is -0.289. The number of pyridine rings is 2. The van der Waals surface area contributed by atoms with Crippen LogP contribution in [0.25, 0.3) is 55.6 Å². The quantitative estimate of drug-likeness (QED) is 0.131. The molecule has 0 saturated carbocycles. The molecule has 0 aliphatic rings. The average molecular weight is 813 g/mol. The van der Waals surface area contributed by atoms with Crippen LogP contribution in [-0.4, -0.2) is 18.0 Å². The number of fused-ring (bicyclic) bond motifs is 3. The van der Waals surface area contributed by atoms with Crippen molar-refractivity contribution in [3.8, 4) is 33.6 Å². The molecule has 0 bridgehead atoms. The summed E-state index contributed by atoms with van der Waals surface area (Å²) in [6.45, 7) is 13.1. The van der Waals surface area contributed by atoms with E-state index in [0.717, 1.165) is 38.8 Å². The van der Waals surface area contributed by atoms with E-state index in [0.29, 0.717) is 11.3 Å². The van der Waals surface area contributed by atoms with E-state index < -0.39 is 8.07 Å². The molecule has 4 aromatic carbocycles. The number of aromatic nitrogens is 2. The third-order valence-corrected chi connectivity index (χ3v) is 10.1. The minimum atomic E-state index is -1.46. The second-order valence-electron chi connectivity index (χ2n) is 13.5. The molecular weight excluding hydrogens is 776 g/mol. The van der Waals surface area contributed by atoms with Crippen molar-refractivity contribution < 1.29 is 28.9 Å². The molecular formula is C41H37FIrN2OSi-2. The Kier molecular flexibility index (Phi) is 10.1. The normalized spacial score (nSPS) is 11.6. The fourth-order valence-corrected chi connectivity index (χ4v) is 7.12. The van der Waals surface area contributed by atoms with E-state index >= 15 is 0 Å². The molecule has 3 aromatic heterocycles. The van der Waals surface area contributed by atoms with Crippen LogP contribution in [0.4, 0.5) is 4.39 Å². The summed E-state index contributed by atoms with van der Waals surface area (Å²) in [5.41, 5.74) is 7.92. The van der Waals surface area contributed by atoms with Gasteiger partial charge in [-0.2, -0.15) is 0 Å². The average Bonchev–Trinajstić information content (AvgIpc) is 3.44. The molecule has 6 heteroatoms. The molecule has 0 fully saturated rings. The number of halogens is 1. The van der Waals surface area contributed by atoms with Gasteiger partial charge in [0, 0.05) is 31.7 Å². The predicted molar refractivity (Wildman–Crippen MR) is 191 cm³/mol. The van der Waals surface area contributed by atoms with Gasteiger partial charge in [0.15, 0.2) is 0 Å². The third kappa shape index (κ3) is 7.36. The minimum absolute atomic E-state index is 0. The van der Waals surface area contributed by atoms with Gasteiger partial charge in [0.1, 0.15) is 11.4 Å². The standard InChI is InChI=1S/C21H17FNO.C20H20NSi.Ir/c1-21(2,3)16-11-18(23-12-17(16)22)15-9-6-8-14-13-7-4-5-10-19(13)24-20(14)15;1-22(2,3)20-15-21-19(17-12-8-5-9-13-17)14-18(20)16-10-6-4-7-11-16;/h4-8,10-12H,1-3H3;4-12,14-15H,1-3H3;/q2*-1;. The maximum absolute atomic E-state index is 14.2. The first-order valence-corrected chi connectivity index (χ1v) is 19.0. The van der Waals surface area contributed by atoms with Crippen LogP contribution in [0.1, 0.15) is 26.3 Å². The van der Waals surface area contributed by atoms with Gasteiger partial charge >= 0.3 is 0 Å². The number of para-hydroxylation sites is 1. The molecule has 0 amide bonds. The van der Waals surface area contributed by atoms with E-state index in [4.69, 9.17) is 9.40 Å². The molecule has 0 aliphatic heterocycles. The number of hydrogen-bond acceptors (Lipinski definition) is 3. The summed E-state index contributed by atoms with van der Waals surface area (Å²) in [6.07, 6.45) is 3.36. The predicted octanol–water partition coefficient (Wildman–Crippen LogP) is 10.6. The van der Waals surface area contributed by atoms with Gasteiger partial charge in [0.2, 0.25) is 0 Å². The molecule has 0 aliphatic carbocycles. The number of furan rings is 1. The molecule has 0 N–H and O–H groups in total. The first kappa shape index (κ1) is 34.1. The van der Waals surface area contributed by atoms with Crippen LogP contribution >= 0.6 is 0 Å². The van der Waals surface area contributed by atoms with Gasteiger partial charge in [-0.15, -0.1) is 54.1 Å². The van der Waals surface area contributed by atoms with Crippen molar-refractivity contribution in [1.29, 1.82) is 0 Å². The van der Waals surface area contributed by atoms with Gasteiger partial charge in [-0.3, -0.25) is 0 Å². The summed E-state index contributed by atoms with van der Waals surface area (Å²) < 4.78 is 20.2. The van der Waals surface area contributed by atoms with Crippen LogP contribution in [0.2, 0.25) is 19.6 Å². The summed E-state index contributed by atoms with van der Waals surface area (Å²) in [4.78, 5) is 8.98. The Bertz CT molecular complexity index is 2130. The van der Waals surface area contributed by atoms with Crippen molar-refractivity contribution in [2.45, 2.75) is 45.8 Å². The zero-order valence-electron chi connectivity index (χ0n) is 27.5. The molecule has 0 spiro atoms. The summed E-state index contributed by atoms with van der Waals surface area (Å²) >= 11 is 0. The van der Waals surface area contributed by atoms with E-state index in [1.807, 2.05) is 75.4 Å². The maximum atomic E-state index is 14.2. The van der Waals surface area contributed by atoms with Gasteiger partial charge in [-0.25, -0.2) is 4.39 Å². The molecule has 0 saturated heterocycles. The van der Waals surface area contributed by atoms with E-state index in [9.17, 15) is 4.39 Å². The molecule has 7 aromatic rings. The van der Waals surface area contributed by atoms with Crippen molar-refractivity contribution in [3.63, 3.8) is 0 Å². The van der Waals surface area contributed by atoms with Crippen molar-refractivity contribution in [2.24, 2.45) is 0 Å². The summed E-state index contributed by atoms with van der Waals surface area (Å²) in [5, 5.41) is 3.47. The van der Waals surface area contributed by atoms with Crippen LogP contribution in [0.3, 0.4) is 0 Å². The van der Waals surface area contributed by atoms with Gasteiger partial charge in [-0.05, 0) is 44.7 Å². The fourth-order valence-electron chi connectivity index (χ4n) is 5.64. The van der Waals surface area contributed by atoms with E-state index in [2.05, 4.69) is 85.4 Å². The van der Waals surface area contributed by atoms with Crippen LogP contribution in [0.5, 0.6) is 0 Å². The van der Waals surface area contributed by atoms with Crippen LogP contribution in [0, 0.1) is 17.9 Å². The van der Waals surface area contributed by atoms with Crippen molar-refractivity contribution in [3.05, 3.63) is 139 Å². The minimum Gasteiger partial charge on any atom is -0.501 e. The van der Waals surface area contributed by atoms with Gasteiger partial charge < -0.3 is 14.4 Å². The molecule has 1 radical (unpaired) electrons. The number of hydrogen-bond donors (Lipinski definition) is 0. The first-order valence-electron chi connectivity index (χ1n) is 15.5. The smallest absolute Gasteiger partial charge is 0.143 e. The SMILES string of the molecule is CC(C)(C)c1cc(-c2[c-]ccc3c2oc2ccccc23)ncc1F.C[Si](C)(C)c1cnc(-c2[c-]cccc2)cc1-c1ccccc1.[Ir]. The van der Waals surface area contributed by atoms with Crippen LogP contribution in [0.15, 0.2) is 120 Å². The first-order chi connectivity index (χ1) is 22.0. The maximum Gasteiger partial charge on any atom is 0.143 e.